The number of carbonyl (C=O) groups is 1. The topological polar surface area (TPSA) is 81.3 Å². The number of hydrogen-bond donors (Lipinski definition) is 2. The number of carboxylic acids is 1. The zero-order valence-corrected chi connectivity index (χ0v) is 7.94. The van der Waals surface area contributed by atoms with E-state index >= 15 is 0 Å². The number of nitriles is 1. The van der Waals surface area contributed by atoms with Gasteiger partial charge in [-0.3, -0.25) is 4.79 Å². The Morgan fingerprint density at radius 2 is 2.12 bits per heavy atom. The highest BCUT2D eigenvalue weighted by atomic mass is 19.3. The monoisotopic (exact) mass is 227 g/mol. The summed E-state index contributed by atoms with van der Waals surface area (Å²) < 4.78 is 25.0. The van der Waals surface area contributed by atoms with Crippen LogP contribution in [-0.4, -0.2) is 16.2 Å². The minimum absolute atomic E-state index is 0.120. The lowest BCUT2D eigenvalue weighted by atomic mass is 9.99. The number of phenolic OH excluding ortho intramolecular Hbond substituents is 1. The maximum atomic E-state index is 12.5. The minimum atomic E-state index is -2.94. The number of aliphatic carboxylic acids is 1. The molecular formula is C10H7F2NO3. The number of benzene rings is 1. The molecule has 0 aliphatic carbocycles. The molecule has 0 aliphatic rings. The van der Waals surface area contributed by atoms with E-state index in [0.717, 1.165) is 12.1 Å². The van der Waals surface area contributed by atoms with Gasteiger partial charge in [0, 0.05) is 5.56 Å². The molecule has 0 saturated heterocycles. The van der Waals surface area contributed by atoms with E-state index in [0.29, 0.717) is 0 Å². The van der Waals surface area contributed by atoms with Gasteiger partial charge in [-0.1, -0.05) is 0 Å². The lowest BCUT2D eigenvalue weighted by Crippen LogP contribution is -2.04. The molecule has 0 fully saturated rings. The maximum absolute atomic E-state index is 12.5. The predicted molar refractivity (Wildman–Crippen MR) is 49.1 cm³/mol. The molecule has 0 bridgehead atoms. The summed E-state index contributed by atoms with van der Waals surface area (Å²) in [5, 5.41) is 26.4. The molecule has 1 rings (SSSR count). The molecule has 0 spiro atoms. The van der Waals surface area contributed by atoms with Gasteiger partial charge < -0.3 is 10.2 Å². The zero-order valence-electron chi connectivity index (χ0n) is 7.94. The van der Waals surface area contributed by atoms with Gasteiger partial charge >= 0.3 is 5.97 Å². The van der Waals surface area contributed by atoms with Crippen LogP contribution < -0.4 is 0 Å². The van der Waals surface area contributed by atoms with Crippen LogP contribution in [0.25, 0.3) is 0 Å². The lowest BCUT2D eigenvalue weighted by Gasteiger charge is -2.08. The molecule has 0 heterocycles. The molecule has 0 amide bonds. The normalized spacial score (nSPS) is 10.1. The molecule has 6 heteroatoms. The van der Waals surface area contributed by atoms with Gasteiger partial charge in [0.15, 0.2) is 0 Å². The molecule has 0 radical (unpaired) electrons. The number of hydrogen-bond acceptors (Lipinski definition) is 3. The Kier molecular flexibility index (Phi) is 3.40. The van der Waals surface area contributed by atoms with E-state index in [2.05, 4.69) is 0 Å². The van der Waals surface area contributed by atoms with Gasteiger partial charge in [-0.2, -0.15) is 5.26 Å². The summed E-state index contributed by atoms with van der Waals surface area (Å²) in [5.74, 6) is -1.74. The zero-order chi connectivity index (χ0) is 12.3. The molecule has 0 aliphatic heterocycles. The van der Waals surface area contributed by atoms with Gasteiger partial charge in [0.2, 0.25) is 0 Å². The Morgan fingerprint density at radius 1 is 1.50 bits per heavy atom. The van der Waals surface area contributed by atoms with Crippen LogP contribution in [0.15, 0.2) is 12.1 Å². The predicted octanol–water partition coefficient (Wildman–Crippen LogP) is 1.83. The standard InChI is InChI=1S/C10H7F2NO3/c11-10(12)7-3-6(14)1-5(2-9(15)16)8(7)4-13/h1,3,10,14H,2H2,(H,15,16). The van der Waals surface area contributed by atoms with E-state index in [1.54, 1.807) is 0 Å². The summed E-state index contributed by atoms with van der Waals surface area (Å²) in [4.78, 5) is 10.5. The van der Waals surface area contributed by atoms with Crippen molar-refractivity contribution in [2.45, 2.75) is 12.8 Å². The highest BCUT2D eigenvalue weighted by molar-refractivity contribution is 5.72. The fourth-order valence-electron chi connectivity index (χ4n) is 1.32. The second-order valence-corrected chi connectivity index (χ2v) is 3.05. The molecular weight excluding hydrogens is 220 g/mol. The molecule has 0 unspecified atom stereocenters. The van der Waals surface area contributed by atoms with Crippen LogP contribution in [-0.2, 0) is 11.2 Å². The molecule has 4 nitrogen and oxygen atoms in total. The third-order valence-corrected chi connectivity index (χ3v) is 1.92. The van der Waals surface area contributed by atoms with Crippen molar-refractivity contribution in [2.24, 2.45) is 0 Å². The quantitative estimate of drug-likeness (QED) is 0.825. The number of halogens is 2. The summed E-state index contributed by atoms with van der Waals surface area (Å²) >= 11 is 0. The summed E-state index contributed by atoms with van der Waals surface area (Å²) in [6.45, 7) is 0. The Balaban J connectivity index is 3.37. The van der Waals surface area contributed by atoms with E-state index < -0.39 is 35.7 Å². The number of carboxylic acid groups (broad SMARTS) is 1. The fraction of sp³-hybridized carbons (Fsp3) is 0.200. The molecule has 16 heavy (non-hydrogen) atoms. The third-order valence-electron chi connectivity index (χ3n) is 1.92. The number of rotatable bonds is 3. The van der Waals surface area contributed by atoms with Gasteiger partial charge in [-0.05, 0) is 17.7 Å². The fourth-order valence-corrected chi connectivity index (χ4v) is 1.32. The van der Waals surface area contributed by atoms with Crippen LogP contribution in [0.3, 0.4) is 0 Å². The van der Waals surface area contributed by atoms with E-state index in [-0.39, 0.29) is 5.56 Å². The molecule has 0 saturated carbocycles. The Morgan fingerprint density at radius 3 is 2.56 bits per heavy atom. The summed E-state index contributed by atoms with van der Waals surface area (Å²) in [5.41, 5.74) is -1.17. The minimum Gasteiger partial charge on any atom is -0.508 e. The first-order chi connectivity index (χ1) is 7.45. The number of nitrogens with zero attached hydrogens (tertiary/aromatic N) is 1. The summed E-state index contributed by atoms with van der Waals surface area (Å²) in [6, 6.07) is 3.28. The maximum Gasteiger partial charge on any atom is 0.307 e. The van der Waals surface area contributed by atoms with Crippen LogP contribution >= 0.6 is 0 Å². The Labute approximate surface area is 89.4 Å². The second-order valence-electron chi connectivity index (χ2n) is 3.05. The van der Waals surface area contributed by atoms with Gasteiger partial charge in [-0.25, -0.2) is 8.78 Å². The molecule has 1 aromatic carbocycles. The van der Waals surface area contributed by atoms with Gasteiger partial charge in [0.25, 0.3) is 6.43 Å². The summed E-state index contributed by atoms with van der Waals surface area (Å²) in [6.07, 6.45) is -3.52. The van der Waals surface area contributed by atoms with Crippen molar-refractivity contribution in [2.75, 3.05) is 0 Å². The van der Waals surface area contributed by atoms with Crippen LogP contribution in [0.1, 0.15) is 23.1 Å². The van der Waals surface area contributed by atoms with Crippen LogP contribution in [0.2, 0.25) is 0 Å². The largest absolute Gasteiger partial charge is 0.508 e. The van der Waals surface area contributed by atoms with Crippen molar-refractivity contribution < 1.29 is 23.8 Å². The molecule has 0 aromatic heterocycles. The van der Waals surface area contributed by atoms with Crippen molar-refractivity contribution in [1.29, 1.82) is 5.26 Å². The van der Waals surface area contributed by atoms with E-state index in [9.17, 15) is 13.6 Å². The van der Waals surface area contributed by atoms with Crippen molar-refractivity contribution in [1.82, 2.24) is 0 Å². The Hall–Kier alpha value is -2.16. The molecule has 0 atom stereocenters. The third kappa shape index (κ3) is 2.45. The lowest BCUT2D eigenvalue weighted by molar-refractivity contribution is -0.136. The molecule has 2 N–H and O–H groups in total. The highest BCUT2D eigenvalue weighted by Gasteiger charge is 2.19. The van der Waals surface area contributed by atoms with Crippen molar-refractivity contribution in [3.63, 3.8) is 0 Å². The van der Waals surface area contributed by atoms with Crippen LogP contribution in [0.4, 0.5) is 8.78 Å². The first-order valence-corrected chi connectivity index (χ1v) is 4.21. The van der Waals surface area contributed by atoms with Crippen molar-refractivity contribution >= 4 is 5.97 Å². The second kappa shape index (κ2) is 4.57. The summed E-state index contributed by atoms with van der Waals surface area (Å²) in [7, 11) is 0. The van der Waals surface area contributed by atoms with Crippen LogP contribution in [0, 0.1) is 11.3 Å². The van der Waals surface area contributed by atoms with Gasteiger partial charge in [0.1, 0.15) is 5.75 Å². The SMILES string of the molecule is N#Cc1c(CC(=O)O)cc(O)cc1C(F)F. The van der Waals surface area contributed by atoms with Gasteiger partial charge in [-0.15, -0.1) is 0 Å². The smallest absolute Gasteiger partial charge is 0.307 e. The molecule has 84 valence electrons. The van der Waals surface area contributed by atoms with E-state index in [1.807, 2.05) is 0 Å². The first kappa shape index (κ1) is 11.9. The highest BCUT2D eigenvalue weighted by Crippen LogP contribution is 2.29. The van der Waals surface area contributed by atoms with Crippen molar-refractivity contribution in [3.8, 4) is 11.8 Å². The van der Waals surface area contributed by atoms with Crippen molar-refractivity contribution in [3.05, 3.63) is 28.8 Å². The number of alkyl halides is 2. The van der Waals surface area contributed by atoms with E-state index in [1.165, 1.54) is 6.07 Å². The number of aromatic hydroxyl groups is 1. The van der Waals surface area contributed by atoms with Crippen LogP contribution in [0.5, 0.6) is 5.75 Å². The average Bonchev–Trinajstić information content (AvgIpc) is 2.15. The molecule has 1 aromatic rings. The number of phenols is 1. The first-order valence-electron chi connectivity index (χ1n) is 4.21. The van der Waals surface area contributed by atoms with Gasteiger partial charge in [0.05, 0.1) is 18.1 Å². The Bertz CT molecular complexity index is 466. The van der Waals surface area contributed by atoms with E-state index in [4.69, 9.17) is 15.5 Å². The average molecular weight is 227 g/mol.